The number of H-pyrrole nitrogens is 1. The number of aromatic amines is 1. The van der Waals surface area contributed by atoms with Gasteiger partial charge in [-0.25, -0.2) is 0 Å². The SMILES string of the molecule is Cc1cc(C)c2c(C)c(C3CCCCN3)[nH]c2c1. The summed E-state index contributed by atoms with van der Waals surface area (Å²) >= 11 is 0. The van der Waals surface area contributed by atoms with Crippen LogP contribution in [-0.4, -0.2) is 11.5 Å². The van der Waals surface area contributed by atoms with Crippen molar-refractivity contribution in [3.8, 4) is 0 Å². The van der Waals surface area contributed by atoms with Crippen molar-refractivity contribution in [1.82, 2.24) is 10.3 Å². The van der Waals surface area contributed by atoms with Gasteiger partial charge in [0.25, 0.3) is 0 Å². The van der Waals surface area contributed by atoms with E-state index in [-0.39, 0.29) is 0 Å². The van der Waals surface area contributed by atoms with Crippen LogP contribution in [0.5, 0.6) is 0 Å². The van der Waals surface area contributed by atoms with E-state index in [0.29, 0.717) is 6.04 Å². The summed E-state index contributed by atoms with van der Waals surface area (Å²) in [5.74, 6) is 0. The predicted molar refractivity (Wildman–Crippen MR) is 77.1 cm³/mol. The third-order valence-electron chi connectivity index (χ3n) is 4.19. The molecule has 2 heterocycles. The zero-order chi connectivity index (χ0) is 12.7. The number of hydrogen-bond donors (Lipinski definition) is 2. The van der Waals surface area contributed by atoms with E-state index in [2.05, 4.69) is 43.2 Å². The van der Waals surface area contributed by atoms with Gasteiger partial charge in [0.15, 0.2) is 0 Å². The van der Waals surface area contributed by atoms with E-state index in [9.17, 15) is 0 Å². The second kappa shape index (κ2) is 4.43. The van der Waals surface area contributed by atoms with Crippen molar-refractivity contribution < 1.29 is 0 Å². The minimum absolute atomic E-state index is 0.519. The van der Waals surface area contributed by atoms with Crippen LogP contribution in [0.3, 0.4) is 0 Å². The first-order valence-corrected chi connectivity index (χ1v) is 6.99. The van der Waals surface area contributed by atoms with Gasteiger partial charge in [0.05, 0.1) is 0 Å². The highest BCUT2D eigenvalue weighted by atomic mass is 15.0. The van der Waals surface area contributed by atoms with Crippen molar-refractivity contribution >= 4 is 10.9 Å². The molecule has 0 spiro atoms. The molecule has 1 saturated heterocycles. The Labute approximate surface area is 109 Å². The second-order valence-electron chi connectivity index (χ2n) is 5.67. The monoisotopic (exact) mass is 242 g/mol. The largest absolute Gasteiger partial charge is 0.357 e. The molecule has 0 aliphatic carbocycles. The van der Waals surface area contributed by atoms with Gasteiger partial charge in [0.2, 0.25) is 0 Å². The second-order valence-corrected chi connectivity index (χ2v) is 5.67. The van der Waals surface area contributed by atoms with E-state index in [1.807, 2.05) is 0 Å². The maximum atomic E-state index is 3.65. The first-order valence-electron chi connectivity index (χ1n) is 6.99. The van der Waals surface area contributed by atoms with Crippen molar-refractivity contribution in [2.45, 2.75) is 46.1 Å². The highest BCUT2D eigenvalue weighted by molar-refractivity contribution is 5.88. The Bertz CT molecular complexity index is 574. The van der Waals surface area contributed by atoms with Crippen LogP contribution in [0.1, 0.15) is 47.7 Å². The van der Waals surface area contributed by atoms with Gasteiger partial charge in [-0.2, -0.15) is 0 Å². The summed E-state index contributed by atoms with van der Waals surface area (Å²) in [7, 11) is 0. The number of nitrogens with one attached hydrogen (secondary N) is 2. The molecule has 1 atom stereocenters. The number of piperidine rings is 1. The van der Waals surface area contributed by atoms with Gasteiger partial charge in [-0.1, -0.05) is 12.5 Å². The van der Waals surface area contributed by atoms with Crippen molar-refractivity contribution in [3.05, 3.63) is 34.5 Å². The smallest absolute Gasteiger partial charge is 0.0475 e. The van der Waals surface area contributed by atoms with Gasteiger partial charge in [-0.15, -0.1) is 0 Å². The molecule has 18 heavy (non-hydrogen) atoms. The Balaban J connectivity index is 2.13. The minimum Gasteiger partial charge on any atom is -0.357 e. The summed E-state index contributed by atoms with van der Waals surface area (Å²) in [5, 5.41) is 5.06. The Morgan fingerprint density at radius 1 is 1.11 bits per heavy atom. The lowest BCUT2D eigenvalue weighted by atomic mass is 9.98. The molecule has 0 saturated carbocycles. The first kappa shape index (κ1) is 11.8. The minimum atomic E-state index is 0.519. The molecule has 1 aliphatic heterocycles. The standard InChI is InChI=1S/C16H22N2/c1-10-8-11(2)15-12(3)16(18-14(15)9-10)13-6-4-5-7-17-13/h8-9,13,17-18H,4-7H2,1-3H3. The van der Waals surface area contributed by atoms with Gasteiger partial charge in [0.1, 0.15) is 0 Å². The van der Waals surface area contributed by atoms with Crippen molar-refractivity contribution in [3.63, 3.8) is 0 Å². The third kappa shape index (κ3) is 1.85. The van der Waals surface area contributed by atoms with E-state index in [0.717, 1.165) is 6.54 Å². The summed E-state index contributed by atoms with van der Waals surface area (Å²) in [6.45, 7) is 7.79. The molecule has 96 valence electrons. The topological polar surface area (TPSA) is 27.8 Å². The summed E-state index contributed by atoms with van der Waals surface area (Å²) in [4.78, 5) is 3.65. The fourth-order valence-corrected chi connectivity index (χ4v) is 3.38. The fourth-order valence-electron chi connectivity index (χ4n) is 3.38. The number of aryl methyl sites for hydroxylation is 3. The van der Waals surface area contributed by atoms with E-state index in [4.69, 9.17) is 0 Å². The molecule has 2 nitrogen and oxygen atoms in total. The number of hydrogen-bond acceptors (Lipinski definition) is 1. The van der Waals surface area contributed by atoms with Crippen LogP contribution in [0.4, 0.5) is 0 Å². The van der Waals surface area contributed by atoms with Crippen LogP contribution in [0.2, 0.25) is 0 Å². The first-order chi connectivity index (χ1) is 8.66. The van der Waals surface area contributed by atoms with E-state index in [1.165, 1.54) is 52.5 Å². The quantitative estimate of drug-likeness (QED) is 0.779. The lowest BCUT2D eigenvalue weighted by Crippen LogP contribution is -2.27. The Morgan fingerprint density at radius 2 is 1.94 bits per heavy atom. The molecule has 1 aliphatic rings. The average Bonchev–Trinajstić information content (AvgIpc) is 2.67. The Morgan fingerprint density at radius 3 is 2.67 bits per heavy atom. The number of benzene rings is 1. The molecule has 1 unspecified atom stereocenters. The molecule has 3 rings (SSSR count). The van der Waals surface area contributed by atoms with Crippen molar-refractivity contribution in [2.24, 2.45) is 0 Å². The van der Waals surface area contributed by atoms with Crippen LogP contribution in [0, 0.1) is 20.8 Å². The van der Waals surface area contributed by atoms with Crippen LogP contribution in [-0.2, 0) is 0 Å². The molecule has 0 amide bonds. The maximum absolute atomic E-state index is 3.65. The molecule has 2 heteroatoms. The highest BCUT2D eigenvalue weighted by Gasteiger charge is 2.20. The van der Waals surface area contributed by atoms with E-state index in [1.54, 1.807) is 0 Å². The molecule has 0 bridgehead atoms. The number of aromatic nitrogens is 1. The lowest BCUT2D eigenvalue weighted by molar-refractivity contribution is 0.405. The maximum Gasteiger partial charge on any atom is 0.0475 e. The summed E-state index contributed by atoms with van der Waals surface area (Å²) in [5.41, 5.74) is 6.86. The normalized spacial score (nSPS) is 20.5. The molecule has 2 N–H and O–H groups in total. The summed E-state index contributed by atoms with van der Waals surface area (Å²) < 4.78 is 0. The molecule has 1 aromatic heterocycles. The lowest BCUT2D eigenvalue weighted by Gasteiger charge is -2.23. The summed E-state index contributed by atoms with van der Waals surface area (Å²) in [6, 6.07) is 5.06. The molecule has 1 fully saturated rings. The fraction of sp³-hybridized carbons (Fsp3) is 0.500. The predicted octanol–water partition coefficient (Wildman–Crippen LogP) is 3.91. The van der Waals surface area contributed by atoms with E-state index >= 15 is 0 Å². The van der Waals surface area contributed by atoms with Crippen LogP contribution < -0.4 is 5.32 Å². The molecule has 2 aromatic rings. The average molecular weight is 242 g/mol. The van der Waals surface area contributed by atoms with Gasteiger partial charge in [-0.3, -0.25) is 0 Å². The third-order valence-corrected chi connectivity index (χ3v) is 4.19. The zero-order valence-electron chi connectivity index (χ0n) is 11.6. The number of rotatable bonds is 1. The van der Waals surface area contributed by atoms with Crippen LogP contribution in [0.25, 0.3) is 10.9 Å². The van der Waals surface area contributed by atoms with Gasteiger partial charge in [0, 0.05) is 22.6 Å². The van der Waals surface area contributed by atoms with Crippen molar-refractivity contribution in [2.75, 3.05) is 6.54 Å². The number of fused-ring (bicyclic) bond motifs is 1. The van der Waals surface area contributed by atoms with Crippen molar-refractivity contribution in [1.29, 1.82) is 0 Å². The van der Waals surface area contributed by atoms with Crippen LogP contribution in [0.15, 0.2) is 12.1 Å². The zero-order valence-corrected chi connectivity index (χ0v) is 11.6. The highest BCUT2D eigenvalue weighted by Crippen LogP contribution is 2.32. The van der Waals surface area contributed by atoms with Crippen LogP contribution >= 0.6 is 0 Å². The van der Waals surface area contributed by atoms with Gasteiger partial charge >= 0.3 is 0 Å². The van der Waals surface area contributed by atoms with Gasteiger partial charge < -0.3 is 10.3 Å². The Hall–Kier alpha value is -1.28. The molecule has 1 aromatic carbocycles. The molecule has 0 radical (unpaired) electrons. The van der Waals surface area contributed by atoms with E-state index < -0.39 is 0 Å². The Kier molecular flexibility index (Phi) is 2.90. The molecular formula is C16H22N2. The molecular weight excluding hydrogens is 220 g/mol. The summed E-state index contributed by atoms with van der Waals surface area (Å²) in [6.07, 6.45) is 3.91. The van der Waals surface area contributed by atoms with Gasteiger partial charge in [-0.05, 0) is 62.9 Å².